The quantitative estimate of drug-likeness (QED) is 0.0388. The van der Waals surface area contributed by atoms with E-state index in [1.807, 2.05) is 0 Å². The topological polar surface area (TPSA) is 296 Å². The lowest BCUT2D eigenvalue weighted by atomic mass is 9.94. The summed E-state index contributed by atoms with van der Waals surface area (Å²) in [5, 5.41) is 34.9. The molecule has 306 valence electrons. The number of hydrogen-bond acceptors (Lipinski definition) is 13. The minimum Gasteiger partial charge on any atom is -0.479 e. The Bertz CT molecular complexity index is 1160. The summed E-state index contributed by atoms with van der Waals surface area (Å²) < 4.78 is 16.6. The second-order valence-corrected chi connectivity index (χ2v) is 13.5. The Balaban J connectivity index is 2.90. The number of rotatable bonds is 27. The lowest BCUT2D eigenvalue weighted by Gasteiger charge is -2.48. The van der Waals surface area contributed by atoms with Gasteiger partial charge in [-0.15, -0.1) is 0 Å². The molecule has 1 aliphatic rings. The highest BCUT2D eigenvalue weighted by Crippen LogP contribution is 2.27. The Labute approximate surface area is 312 Å². The summed E-state index contributed by atoms with van der Waals surface area (Å²) in [6, 6.07) is -5.06. The molecule has 1 aliphatic heterocycles. The first-order chi connectivity index (χ1) is 25.1. The van der Waals surface area contributed by atoms with E-state index in [1.165, 1.54) is 39.5 Å². The SMILES string of the molecule is CCCCCCCCCCOC(=O)[C@H](CCCCN)NC(=O)CC[C@@H](NC(=O)[C@H](C)N(C(C)=O)C1O[C@H](CO)[C@@H](O)[C@H](O[C@H](C)C(=O)O)[C@H]1N)C(N)=O. The number of carbonyl (C=O) groups is 6. The van der Waals surface area contributed by atoms with E-state index in [4.69, 9.17) is 31.4 Å². The molecule has 1 saturated heterocycles. The number of aliphatic hydroxyl groups is 2. The lowest BCUT2D eigenvalue weighted by Crippen LogP contribution is -2.70. The number of nitrogens with zero attached hydrogens (tertiary/aromatic N) is 1. The lowest BCUT2D eigenvalue weighted by molar-refractivity contribution is -0.245. The molecule has 0 radical (unpaired) electrons. The average molecular weight is 761 g/mol. The highest BCUT2D eigenvalue weighted by molar-refractivity contribution is 5.91. The van der Waals surface area contributed by atoms with Gasteiger partial charge in [-0.1, -0.05) is 51.9 Å². The van der Waals surface area contributed by atoms with Gasteiger partial charge in [0.25, 0.3) is 0 Å². The number of carbonyl (C=O) groups excluding carboxylic acids is 5. The summed E-state index contributed by atoms with van der Waals surface area (Å²) in [5.74, 6) is -5.08. The summed E-state index contributed by atoms with van der Waals surface area (Å²) >= 11 is 0. The fourth-order valence-electron chi connectivity index (χ4n) is 5.99. The number of aliphatic hydroxyl groups excluding tert-OH is 2. The molecule has 0 aromatic rings. The Hall–Kier alpha value is -3.42. The number of nitrogens with two attached hydrogens (primary N) is 3. The second kappa shape index (κ2) is 25.6. The predicted molar refractivity (Wildman–Crippen MR) is 192 cm³/mol. The van der Waals surface area contributed by atoms with Crippen LogP contribution in [0.4, 0.5) is 0 Å². The van der Waals surface area contributed by atoms with Gasteiger partial charge in [0.05, 0.1) is 19.3 Å². The molecule has 1 heterocycles. The van der Waals surface area contributed by atoms with E-state index < -0.39 is 97.0 Å². The second-order valence-electron chi connectivity index (χ2n) is 13.5. The fourth-order valence-corrected chi connectivity index (χ4v) is 5.99. The average Bonchev–Trinajstić information content (AvgIpc) is 3.10. The van der Waals surface area contributed by atoms with Crippen molar-refractivity contribution in [1.29, 1.82) is 0 Å². The molecule has 9 atom stereocenters. The first-order valence-electron chi connectivity index (χ1n) is 18.7. The van der Waals surface area contributed by atoms with Gasteiger partial charge in [-0.25, -0.2) is 9.59 Å². The standard InChI is InChI=1S/C35H64N6O12/c1-5-6-7-8-9-10-11-14-19-51-35(50)25(15-12-13-18-36)39-27(44)17-16-24(31(38)46)40-32(47)21(2)41(23(4)43)33-28(37)30(52-22(3)34(48)49)29(45)26(20-42)53-33/h21-22,24-26,28-30,33,42,45H,5-20,36-37H2,1-4H3,(H2,38,46)(H,39,44)(H,40,47)(H,48,49)/t21-,22+,24+,25-,26+,28+,29+,30+,33?/m0/s1. The predicted octanol–water partition coefficient (Wildman–Crippen LogP) is -0.465. The van der Waals surface area contributed by atoms with E-state index in [1.54, 1.807) is 0 Å². The van der Waals surface area contributed by atoms with Gasteiger partial charge in [0.2, 0.25) is 23.6 Å². The zero-order valence-electron chi connectivity index (χ0n) is 31.7. The molecular weight excluding hydrogens is 696 g/mol. The highest BCUT2D eigenvalue weighted by atomic mass is 16.6. The van der Waals surface area contributed by atoms with Gasteiger partial charge in [0, 0.05) is 13.3 Å². The van der Waals surface area contributed by atoms with Crippen LogP contribution in [0.3, 0.4) is 0 Å². The molecule has 53 heavy (non-hydrogen) atoms. The number of hydrogen-bond donors (Lipinski definition) is 8. The monoisotopic (exact) mass is 760 g/mol. The van der Waals surface area contributed by atoms with Crippen molar-refractivity contribution in [2.75, 3.05) is 19.8 Å². The number of aliphatic carboxylic acids is 1. The zero-order valence-corrected chi connectivity index (χ0v) is 31.7. The van der Waals surface area contributed by atoms with Crippen LogP contribution < -0.4 is 27.8 Å². The summed E-state index contributed by atoms with van der Waals surface area (Å²) in [5.41, 5.74) is 17.4. The number of amides is 4. The third-order valence-corrected chi connectivity index (χ3v) is 9.19. The molecule has 0 aromatic carbocycles. The van der Waals surface area contributed by atoms with Crippen molar-refractivity contribution in [3.8, 4) is 0 Å². The summed E-state index contributed by atoms with van der Waals surface area (Å²) in [7, 11) is 0. The van der Waals surface area contributed by atoms with Gasteiger partial charge in [-0.05, 0) is 52.5 Å². The van der Waals surface area contributed by atoms with Crippen LogP contribution in [0, 0.1) is 0 Å². The number of carboxylic acid groups (broad SMARTS) is 1. The maximum absolute atomic E-state index is 13.4. The number of unbranched alkanes of at least 4 members (excludes halogenated alkanes) is 8. The van der Waals surface area contributed by atoms with E-state index in [2.05, 4.69) is 17.6 Å². The Kier molecular flexibility index (Phi) is 23.0. The van der Waals surface area contributed by atoms with Gasteiger partial charge in [0.1, 0.15) is 36.4 Å². The molecule has 18 heteroatoms. The third kappa shape index (κ3) is 16.6. The molecule has 0 aromatic heterocycles. The maximum atomic E-state index is 13.4. The smallest absolute Gasteiger partial charge is 0.332 e. The normalized spacial score (nSPS) is 22.2. The Morgan fingerprint density at radius 3 is 2.08 bits per heavy atom. The van der Waals surface area contributed by atoms with Gasteiger partial charge >= 0.3 is 11.9 Å². The van der Waals surface area contributed by atoms with Crippen LogP contribution >= 0.6 is 0 Å². The fraction of sp³-hybridized carbons (Fsp3) is 0.829. The van der Waals surface area contributed by atoms with Crippen molar-refractivity contribution < 1.29 is 58.3 Å². The number of ether oxygens (including phenoxy) is 3. The van der Waals surface area contributed by atoms with E-state index >= 15 is 0 Å². The van der Waals surface area contributed by atoms with Gasteiger partial charge in [-0.2, -0.15) is 0 Å². The summed E-state index contributed by atoms with van der Waals surface area (Å²) in [6.45, 7) is 5.67. The minimum absolute atomic E-state index is 0.232. The molecule has 4 amide bonds. The van der Waals surface area contributed by atoms with Crippen molar-refractivity contribution in [2.24, 2.45) is 17.2 Å². The van der Waals surface area contributed by atoms with Crippen LogP contribution in [0.25, 0.3) is 0 Å². The Morgan fingerprint density at radius 1 is 0.906 bits per heavy atom. The molecule has 1 fully saturated rings. The summed E-state index contributed by atoms with van der Waals surface area (Å²) in [4.78, 5) is 76.8. The number of carboxylic acids is 1. The van der Waals surface area contributed by atoms with Crippen LogP contribution in [0.15, 0.2) is 0 Å². The first kappa shape index (κ1) is 47.6. The minimum atomic E-state index is -1.58. The van der Waals surface area contributed by atoms with Crippen molar-refractivity contribution >= 4 is 35.6 Å². The van der Waals surface area contributed by atoms with E-state index in [-0.39, 0.29) is 19.4 Å². The largest absolute Gasteiger partial charge is 0.479 e. The van der Waals surface area contributed by atoms with Crippen molar-refractivity contribution in [3.05, 3.63) is 0 Å². The molecule has 0 bridgehead atoms. The molecule has 0 aliphatic carbocycles. The van der Waals surface area contributed by atoms with Crippen molar-refractivity contribution in [1.82, 2.24) is 15.5 Å². The van der Waals surface area contributed by atoms with Crippen LogP contribution in [0.1, 0.15) is 111 Å². The number of primary amides is 1. The molecule has 11 N–H and O–H groups in total. The molecule has 1 unspecified atom stereocenters. The van der Waals surface area contributed by atoms with Crippen molar-refractivity contribution in [2.45, 2.75) is 166 Å². The number of nitrogens with one attached hydrogen (secondary N) is 2. The summed E-state index contributed by atoms with van der Waals surface area (Å²) in [6.07, 6.45) is 2.35. The Morgan fingerprint density at radius 2 is 1.53 bits per heavy atom. The third-order valence-electron chi connectivity index (χ3n) is 9.19. The molecule has 0 spiro atoms. The van der Waals surface area contributed by atoms with Gasteiger partial charge in [-0.3, -0.25) is 19.2 Å². The maximum Gasteiger partial charge on any atom is 0.332 e. The van der Waals surface area contributed by atoms with Crippen LogP contribution in [0.5, 0.6) is 0 Å². The highest BCUT2D eigenvalue weighted by Gasteiger charge is 2.49. The molecule has 18 nitrogen and oxygen atoms in total. The van der Waals surface area contributed by atoms with E-state index in [9.17, 15) is 44.1 Å². The van der Waals surface area contributed by atoms with E-state index in [0.717, 1.165) is 31.1 Å². The van der Waals surface area contributed by atoms with Gasteiger partial charge < -0.3 is 62.3 Å². The van der Waals surface area contributed by atoms with E-state index in [0.29, 0.717) is 32.2 Å². The van der Waals surface area contributed by atoms with Crippen LogP contribution in [-0.2, 0) is 43.0 Å². The van der Waals surface area contributed by atoms with Crippen LogP contribution in [0.2, 0.25) is 0 Å². The molecule has 0 saturated carbocycles. The first-order valence-corrected chi connectivity index (χ1v) is 18.7. The molecular formula is C35H64N6O12. The van der Waals surface area contributed by atoms with Crippen molar-refractivity contribution in [3.63, 3.8) is 0 Å². The van der Waals surface area contributed by atoms with Gasteiger partial charge in [0.15, 0.2) is 12.3 Å². The molecule has 1 rings (SSSR count). The van der Waals surface area contributed by atoms with Crippen LogP contribution in [-0.4, -0.2) is 130 Å². The zero-order chi connectivity index (χ0) is 40.1. The number of esters is 1.